The predicted molar refractivity (Wildman–Crippen MR) is 108 cm³/mol. The molecule has 146 valence electrons. The average Bonchev–Trinajstić information content (AvgIpc) is 3.11. The van der Waals surface area contributed by atoms with Crippen LogP contribution in [0.4, 0.5) is 0 Å². The lowest BCUT2D eigenvalue weighted by Crippen LogP contribution is -2.00. The smallest absolute Gasteiger partial charge is 0.216 e. The topological polar surface area (TPSA) is 82.9 Å². The Balaban J connectivity index is 2.08. The van der Waals surface area contributed by atoms with Gasteiger partial charge in [0.15, 0.2) is 17.3 Å². The minimum atomic E-state index is 0.344. The van der Waals surface area contributed by atoms with E-state index in [1.54, 1.807) is 40.7 Å². The van der Waals surface area contributed by atoms with Crippen LogP contribution in [0, 0.1) is 4.77 Å². The van der Waals surface area contributed by atoms with E-state index in [0.29, 0.717) is 39.2 Å². The Morgan fingerprint density at radius 3 is 2.32 bits per heavy atom. The van der Waals surface area contributed by atoms with Gasteiger partial charge in [-0.3, -0.25) is 0 Å². The van der Waals surface area contributed by atoms with E-state index in [0.717, 1.165) is 5.56 Å². The number of methoxy groups -OCH3 is 4. The third-order valence-corrected chi connectivity index (χ3v) is 4.31. The Hall–Kier alpha value is -3.33. The van der Waals surface area contributed by atoms with Gasteiger partial charge in [-0.1, -0.05) is 12.1 Å². The Kier molecular flexibility index (Phi) is 5.95. The Bertz CT molecular complexity index is 1060. The van der Waals surface area contributed by atoms with E-state index in [9.17, 15) is 0 Å². The summed E-state index contributed by atoms with van der Waals surface area (Å²) < 4.78 is 23.5. The van der Waals surface area contributed by atoms with Crippen LogP contribution in [0.2, 0.25) is 0 Å². The summed E-state index contributed by atoms with van der Waals surface area (Å²) in [6.45, 7) is 0. The number of H-pyrrole nitrogens is 1. The molecule has 1 N–H and O–H groups in total. The second-order valence-corrected chi connectivity index (χ2v) is 5.92. The van der Waals surface area contributed by atoms with Crippen molar-refractivity contribution in [3.8, 4) is 34.4 Å². The average molecular weight is 400 g/mol. The summed E-state index contributed by atoms with van der Waals surface area (Å²) in [4.78, 5) is 0. The summed E-state index contributed by atoms with van der Waals surface area (Å²) in [6, 6.07) is 11.1. The Morgan fingerprint density at radius 1 is 0.929 bits per heavy atom. The van der Waals surface area contributed by atoms with E-state index in [4.69, 9.17) is 31.2 Å². The molecule has 28 heavy (non-hydrogen) atoms. The first-order chi connectivity index (χ1) is 13.6. The Morgan fingerprint density at radius 2 is 1.64 bits per heavy atom. The summed E-state index contributed by atoms with van der Waals surface area (Å²) in [5.41, 5.74) is 1.45. The lowest BCUT2D eigenvalue weighted by molar-refractivity contribution is 0.324. The summed E-state index contributed by atoms with van der Waals surface area (Å²) in [7, 11) is 6.27. The maximum absolute atomic E-state index is 5.49. The van der Waals surface area contributed by atoms with Gasteiger partial charge in [-0.25, -0.2) is 5.10 Å². The van der Waals surface area contributed by atoms with Gasteiger partial charge < -0.3 is 18.9 Å². The number of nitrogens with one attached hydrogen (secondary N) is 1. The summed E-state index contributed by atoms with van der Waals surface area (Å²) in [5.74, 6) is 2.73. The first-order valence-corrected chi connectivity index (χ1v) is 8.69. The first kappa shape index (κ1) is 19.4. The van der Waals surface area contributed by atoms with E-state index in [-0.39, 0.29) is 0 Å². The van der Waals surface area contributed by atoms with Crippen molar-refractivity contribution in [2.24, 2.45) is 5.10 Å². The molecule has 0 atom stereocenters. The molecule has 0 radical (unpaired) electrons. The number of para-hydroxylation sites is 1. The fourth-order valence-electron chi connectivity index (χ4n) is 2.75. The SMILES string of the molecule is COc1ccccc1-c1n[nH]c(=S)n1N=Cc1ccc(OC)c(OC)c1OC. The molecule has 0 aliphatic heterocycles. The molecule has 3 aromatic rings. The van der Waals surface area contributed by atoms with Crippen molar-refractivity contribution >= 4 is 18.4 Å². The molecule has 8 nitrogen and oxygen atoms in total. The third-order valence-electron chi connectivity index (χ3n) is 4.05. The molecule has 0 saturated carbocycles. The van der Waals surface area contributed by atoms with E-state index < -0.39 is 0 Å². The standard InChI is InChI=1S/C19H20N4O4S/c1-24-14-8-6-5-7-13(14)18-21-22-19(28)23(18)20-11-12-9-10-15(25-2)17(27-4)16(12)26-3/h5-11H,1-4H3,(H,22,28). The van der Waals surface area contributed by atoms with Crippen LogP contribution in [-0.2, 0) is 0 Å². The van der Waals surface area contributed by atoms with Crippen molar-refractivity contribution in [1.82, 2.24) is 14.9 Å². The molecule has 9 heteroatoms. The van der Waals surface area contributed by atoms with E-state index in [1.165, 1.54) is 4.68 Å². The molecule has 0 aliphatic rings. The van der Waals surface area contributed by atoms with Crippen LogP contribution >= 0.6 is 12.2 Å². The van der Waals surface area contributed by atoms with E-state index in [2.05, 4.69) is 15.3 Å². The number of hydrogen-bond donors (Lipinski definition) is 1. The van der Waals surface area contributed by atoms with Crippen LogP contribution in [0.15, 0.2) is 41.5 Å². The highest BCUT2D eigenvalue weighted by atomic mass is 32.1. The van der Waals surface area contributed by atoms with Crippen LogP contribution in [-0.4, -0.2) is 49.5 Å². The number of hydrogen-bond acceptors (Lipinski definition) is 7. The molecule has 3 rings (SSSR count). The monoisotopic (exact) mass is 400 g/mol. The maximum atomic E-state index is 5.49. The lowest BCUT2D eigenvalue weighted by Gasteiger charge is -2.13. The van der Waals surface area contributed by atoms with Crippen molar-refractivity contribution in [3.05, 3.63) is 46.7 Å². The molecular formula is C19H20N4O4S. The minimum absolute atomic E-state index is 0.344. The number of nitrogens with zero attached hydrogens (tertiary/aromatic N) is 3. The second-order valence-electron chi connectivity index (χ2n) is 5.53. The predicted octanol–water partition coefficient (Wildman–Crippen LogP) is 3.52. The highest BCUT2D eigenvalue weighted by molar-refractivity contribution is 7.71. The molecule has 0 fully saturated rings. The van der Waals surface area contributed by atoms with Crippen molar-refractivity contribution in [2.75, 3.05) is 28.4 Å². The normalized spacial score (nSPS) is 10.9. The number of aromatic amines is 1. The van der Waals surface area contributed by atoms with Gasteiger partial charge >= 0.3 is 0 Å². The van der Waals surface area contributed by atoms with Gasteiger partial charge in [0.05, 0.1) is 40.2 Å². The van der Waals surface area contributed by atoms with Crippen molar-refractivity contribution in [2.45, 2.75) is 0 Å². The minimum Gasteiger partial charge on any atom is -0.496 e. The van der Waals surface area contributed by atoms with Crippen LogP contribution in [0.25, 0.3) is 11.4 Å². The van der Waals surface area contributed by atoms with E-state index >= 15 is 0 Å². The van der Waals surface area contributed by atoms with E-state index in [1.807, 2.05) is 30.3 Å². The molecule has 0 aliphatic carbocycles. The fourth-order valence-corrected chi connectivity index (χ4v) is 2.93. The summed E-state index contributed by atoms with van der Waals surface area (Å²) in [5, 5.41) is 11.5. The lowest BCUT2D eigenvalue weighted by atomic mass is 10.2. The van der Waals surface area contributed by atoms with Gasteiger partial charge in [0.1, 0.15) is 5.75 Å². The number of aromatic nitrogens is 3. The molecule has 1 heterocycles. The highest BCUT2D eigenvalue weighted by Crippen LogP contribution is 2.39. The molecule has 2 aromatic carbocycles. The molecule has 0 amide bonds. The zero-order valence-electron chi connectivity index (χ0n) is 15.9. The van der Waals surface area contributed by atoms with Gasteiger partial charge in [-0.2, -0.15) is 14.9 Å². The maximum Gasteiger partial charge on any atom is 0.216 e. The molecular weight excluding hydrogens is 380 g/mol. The van der Waals surface area contributed by atoms with Gasteiger partial charge in [-0.05, 0) is 36.5 Å². The van der Waals surface area contributed by atoms with Gasteiger partial charge in [0.25, 0.3) is 0 Å². The molecule has 0 unspecified atom stereocenters. The quantitative estimate of drug-likeness (QED) is 0.483. The highest BCUT2D eigenvalue weighted by Gasteiger charge is 2.16. The van der Waals surface area contributed by atoms with Crippen LogP contribution in [0.3, 0.4) is 0 Å². The largest absolute Gasteiger partial charge is 0.496 e. The van der Waals surface area contributed by atoms with Crippen molar-refractivity contribution < 1.29 is 18.9 Å². The van der Waals surface area contributed by atoms with Crippen molar-refractivity contribution in [3.63, 3.8) is 0 Å². The number of rotatable bonds is 7. The molecule has 0 bridgehead atoms. The first-order valence-electron chi connectivity index (χ1n) is 8.28. The zero-order valence-corrected chi connectivity index (χ0v) is 16.7. The zero-order chi connectivity index (χ0) is 20.1. The molecule has 0 saturated heterocycles. The van der Waals surface area contributed by atoms with Gasteiger partial charge in [0.2, 0.25) is 10.5 Å². The van der Waals surface area contributed by atoms with Crippen molar-refractivity contribution in [1.29, 1.82) is 0 Å². The van der Waals surface area contributed by atoms with Crippen LogP contribution in [0.1, 0.15) is 5.56 Å². The Labute approximate surface area is 167 Å². The van der Waals surface area contributed by atoms with Crippen LogP contribution in [0.5, 0.6) is 23.0 Å². The molecule has 1 aromatic heterocycles. The fraction of sp³-hybridized carbons (Fsp3) is 0.211. The van der Waals surface area contributed by atoms with Crippen LogP contribution < -0.4 is 18.9 Å². The molecule has 0 spiro atoms. The van der Waals surface area contributed by atoms with Gasteiger partial charge in [-0.15, -0.1) is 0 Å². The third kappa shape index (κ3) is 3.56. The van der Waals surface area contributed by atoms with Gasteiger partial charge in [0, 0.05) is 5.56 Å². The summed E-state index contributed by atoms with van der Waals surface area (Å²) >= 11 is 5.33. The second kappa shape index (κ2) is 8.57. The number of benzene rings is 2. The summed E-state index contributed by atoms with van der Waals surface area (Å²) in [6.07, 6.45) is 1.62. The number of ether oxygens (including phenoxy) is 4.